The summed E-state index contributed by atoms with van der Waals surface area (Å²) in [4.78, 5) is 0. The number of hydrogen-bond acceptors (Lipinski definition) is 3. The van der Waals surface area contributed by atoms with Gasteiger partial charge in [0.25, 0.3) is 0 Å². The van der Waals surface area contributed by atoms with E-state index >= 15 is 0 Å². The largest absolute Gasteiger partial charge is 0.507 e. The van der Waals surface area contributed by atoms with Gasteiger partial charge in [-0.15, -0.1) is 0 Å². The number of rotatable bonds is 1. The molecule has 2 aromatic rings. The van der Waals surface area contributed by atoms with Gasteiger partial charge in [0.1, 0.15) is 11.6 Å². The maximum atomic E-state index is 10.0. The normalized spacial score (nSPS) is 10.7. The Labute approximate surface area is 94.3 Å². The minimum absolute atomic E-state index is 0.276. The molecule has 2 rings (SSSR count). The van der Waals surface area contributed by atoms with Crippen molar-refractivity contribution < 1.29 is 5.11 Å². The van der Waals surface area contributed by atoms with Gasteiger partial charge >= 0.3 is 0 Å². The molecule has 0 aliphatic rings. The second kappa shape index (κ2) is 3.56. The highest BCUT2D eigenvalue weighted by Gasteiger charge is 2.13. The maximum Gasteiger partial charge on any atom is 0.128 e. The Balaban J connectivity index is 2.68. The lowest BCUT2D eigenvalue weighted by atomic mass is 10.0. The van der Waals surface area contributed by atoms with Crippen molar-refractivity contribution in [3.63, 3.8) is 0 Å². The summed E-state index contributed by atoms with van der Waals surface area (Å²) in [6, 6.07) is 5.62. The topological polar surface area (TPSA) is 64.1 Å². The number of benzene rings is 1. The lowest BCUT2D eigenvalue weighted by Crippen LogP contribution is -1.96. The zero-order valence-corrected chi connectivity index (χ0v) is 9.65. The minimum Gasteiger partial charge on any atom is -0.507 e. The van der Waals surface area contributed by atoms with Crippen LogP contribution in [-0.4, -0.2) is 14.9 Å². The molecule has 0 unspecified atom stereocenters. The summed E-state index contributed by atoms with van der Waals surface area (Å²) in [6.07, 6.45) is 0. The first kappa shape index (κ1) is 10.5. The Morgan fingerprint density at radius 1 is 1.25 bits per heavy atom. The second-order valence-corrected chi connectivity index (χ2v) is 4.00. The molecule has 4 nitrogen and oxygen atoms in total. The zero-order valence-electron chi connectivity index (χ0n) is 9.65. The fraction of sp³-hybridized carbons (Fsp3) is 0.250. The predicted molar refractivity (Wildman–Crippen MR) is 64.2 cm³/mol. The van der Waals surface area contributed by atoms with Gasteiger partial charge in [0, 0.05) is 18.7 Å². The molecule has 1 aromatic carbocycles. The lowest BCUT2D eigenvalue weighted by molar-refractivity contribution is 0.472. The number of nitrogens with zero attached hydrogens (tertiary/aromatic N) is 2. The Hall–Kier alpha value is -1.97. The molecule has 0 amide bonds. The predicted octanol–water partition coefficient (Wildman–Crippen LogP) is 1.99. The van der Waals surface area contributed by atoms with Crippen molar-refractivity contribution in [2.75, 3.05) is 5.73 Å². The van der Waals surface area contributed by atoms with Gasteiger partial charge in [-0.25, -0.2) is 0 Å². The van der Waals surface area contributed by atoms with Crippen molar-refractivity contribution in [1.82, 2.24) is 9.78 Å². The van der Waals surface area contributed by atoms with Crippen LogP contribution in [0.2, 0.25) is 0 Å². The first-order chi connectivity index (χ1) is 7.50. The van der Waals surface area contributed by atoms with Gasteiger partial charge in [0.05, 0.1) is 5.69 Å². The van der Waals surface area contributed by atoms with Gasteiger partial charge in [0.2, 0.25) is 0 Å². The molecule has 0 aliphatic heterocycles. The number of nitrogen functional groups attached to an aromatic ring is 1. The van der Waals surface area contributed by atoms with Crippen molar-refractivity contribution in [1.29, 1.82) is 0 Å². The van der Waals surface area contributed by atoms with Crippen molar-refractivity contribution in [3.8, 4) is 17.0 Å². The number of anilines is 1. The maximum absolute atomic E-state index is 10.0. The second-order valence-electron chi connectivity index (χ2n) is 4.00. The van der Waals surface area contributed by atoms with Crippen LogP contribution in [0.3, 0.4) is 0 Å². The highest BCUT2D eigenvalue weighted by Crippen LogP contribution is 2.34. The zero-order chi connectivity index (χ0) is 11.9. The summed E-state index contributed by atoms with van der Waals surface area (Å²) in [6.45, 7) is 3.81. The molecule has 0 bridgehead atoms. The SMILES string of the molecule is Cc1ccc(C)c(-c2cc(N)n(C)n2)c1O. The molecule has 16 heavy (non-hydrogen) atoms. The van der Waals surface area contributed by atoms with Crippen LogP contribution in [0.25, 0.3) is 11.3 Å². The Bertz CT molecular complexity index is 524. The van der Waals surface area contributed by atoms with E-state index in [9.17, 15) is 5.11 Å². The molecular weight excluding hydrogens is 202 g/mol. The number of aryl methyl sites for hydroxylation is 3. The van der Waals surface area contributed by atoms with Crippen molar-refractivity contribution in [3.05, 3.63) is 29.3 Å². The number of aromatic hydroxyl groups is 1. The van der Waals surface area contributed by atoms with Crippen LogP contribution in [0.15, 0.2) is 18.2 Å². The standard InChI is InChI=1S/C12H15N3O/c1-7-4-5-8(2)12(16)11(7)9-6-10(13)15(3)14-9/h4-6,16H,13H2,1-3H3. The summed E-state index contributed by atoms with van der Waals surface area (Å²) in [5, 5.41) is 14.3. The van der Waals surface area contributed by atoms with Gasteiger partial charge in [-0.2, -0.15) is 5.10 Å². The van der Waals surface area contributed by atoms with Gasteiger partial charge in [-0.1, -0.05) is 12.1 Å². The van der Waals surface area contributed by atoms with E-state index in [1.807, 2.05) is 26.0 Å². The third-order valence-corrected chi connectivity index (χ3v) is 2.76. The monoisotopic (exact) mass is 217 g/mol. The van der Waals surface area contributed by atoms with Crippen LogP contribution in [0.5, 0.6) is 5.75 Å². The van der Waals surface area contributed by atoms with Crippen LogP contribution >= 0.6 is 0 Å². The van der Waals surface area contributed by atoms with E-state index in [4.69, 9.17) is 5.73 Å². The van der Waals surface area contributed by atoms with Crippen LogP contribution in [0.1, 0.15) is 11.1 Å². The van der Waals surface area contributed by atoms with Crippen LogP contribution < -0.4 is 5.73 Å². The summed E-state index contributed by atoms with van der Waals surface area (Å²) < 4.78 is 1.59. The number of aromatic nitrogens is 2. The molecule has 0 aliphatic carbocycles. The van der Waals surface area contributed by atoms with E-state index in [1.165, 1.54) is 0 Å². The number of hydrogen-bond donors (Lipinski definition) is 2. The summed E-state index contributed by atoms with van der Waals surface area (Å²) in [5.74, 6) is 0.855. The highest BCUT2D eigenvalue weighted by molar-refractivity contribution is 5.73. The third-order valence-electron chi connectivity index (χ3n) is 2.76. The van der Waals surface area contributed by atoms with Gasteiger partial charge in [-0.05, 0) is 25.0 Å². The lowest BCUT2D eigenvalue weighted by Gasteiger charge is -2.07. The third kappa shape index (κ3) is 1.52. The van der Waals surface area contributed by atoms with E-state index in [-0.39, 0.29) is 5.75 Å². The molecule has 3 N–H and O–H groups in total. The fourth-order valence-electron chi connectivity index (χ4n) is 1.72. The van der Waals surface area contributed by atoms with E-state index in [1.54, 1.807) is 17.8 Å². The first-order valence-electron chi connectivity index (χ1n) is 5.09. The van der Waals surface area contributed by atoms with E-state index in [0.717, 1.165) is 16.7 Å². The van der Waals surface area contributed by atoms with Crippen LogP contribution in [0, 0.1) is 13.8 Å². The summed E-state index contributed by atoms with van der Waals surface area (Å²) in [5.41, 5.74) is 9.02. The molecule has 0 saturated heterocycles. The average Bonchev–Trinajstić information content (AvgIpc) is 2.54. The van der Waals surface area contributed by atoms with Crippen molar-refractivity contribution in [2.45, 2.75) is 13.8 Å². The average molecular weight is 217 g/mol. The quantitative estimate of drug-likeness (QED) is 0.767. The van der Waals surface area contributed by atoms with Gasteiger partial charge in [0.15, 0.2) is 0 Å². The number of phenols is 1. The van der Waals surface area contributed by atoms with E-state index in [0.29, 0.717) is 11.5 Å². The highest BCUT2D eigenvalue weighted by atomic mass is 16.3. The smallest absolute Gasteiger partial charge is 0.128 e. The van der Waals surface area contributed by atoms with Crippen LogP contribution in [0.4, 0.5) is 5.82 Å². The molecule has 4 heteroatoms. The minimum atomic E-state index is 0.276. The molecule has 0 radical (unpaired) electrons. The summed E-state index contributed by atoms with van der Waals surface area (Å²) in [7, 11) is 1.78. The molecule has 84 valence electrons. The van der Waals surface area contributed by atoms with Gasteiger partial charge < -0.3 is 10.8 Å². The number of nitrogens with two attached hydrogens (primary N) is 1. The van der Waals surface area contributed by atoms with Crippen molar-refractivity contribution in [2.24, 2.45) is 7.05 Å². The van der Waals surface area contributed by atoms with Crippen molar-refractivity contribution >= 4 is 5.82 Å². The molecule has 0 atom stereocenters. The molecular formula is C12H15N3O. The fourth-order valence-corrected chi connectivity index (χ4v) is 1.72. The molecule has 0 saturated carbocycles. The molecule has 1 heterocycles. The summed E-state index contributed by atoms with van der Waals surface area (Å²) >= 11 is 0. The first-order valence-corrected chi connectivity index (χ1v) is 5.09. The Morgan fingerprint density at radius 2 is 1.88 bits per heavy atom. The number of phenolic OH excluding ortho intramolecular Hbond substituents is 1. The molecule has 0 spiro atoms. The van der Waals surface area contributed by atoms with E-state index < -0.39 is 0 Å². The Morgan fingerprint density at radius 3 is 2.44 bits per heavy atom. The molecule has 0 fully saturated rings. The van der Waals surface area contributed by atoms with Crippen LogP contribution in [-0.2, 0) is 7.05 Å². The van der Waals surface area contributed by atoms with Gasteiger partial charge in [-0.3, -0.25) is 4.68 Å². The van der Waals surface area contributed by atoms with E-state index in [2.05, 4.69) is 5.10 Å². The Kier molecular flexibility index (Phi) is 2.34. The molecule has 1 aromatic heterocycles.